The normalized spacial score (nSPS) is 22.3. The van der Waals surface area contributed by atoms with Crippen LogP contribution in [0.1, 0.15) is 57.4 Å². The SMILES string of the molecule is Cc1ccc(/C=C/c2ccc(C3(C(=O)N4CCC5(C4)OC(=O)c4ccccc45)CC3)cc2)cc1. The highest BCUT2D eigenvalue weighted by Gasteiger charge is 2.57. The highest BCUT2D eigenvalue weighted by atomic mass is 16.6. The van der Waals surface area contributed by atoms with E-state index in [0.717, 1.165) is 29.5 Å². The summed E-state index contributed by atoms with van der Waals surface area (Å²) >= 11 is 0. The zero-order chi connectivity index (χ0) is 23.3. The van der Waals surface area contributed by atoms with Crippen molar-refractivity contribution in [3.05, 3.63) is 106 Å². The maximum atomic E-state index is 13.7. The summed E-state index contributed by atoms with van der Waals surface area (Å²) in [6.07, 6.45) is 6.59. The number of hydrogen-bond acceptors (Lipinski definition) is 3. The molecule has 3 aliphatic rings. The Bertz CT molecular complexity index is 1300. The Balaban J connectivity index is 1.18. The second-order valence-corrected chi connectivity index (χ2v) is 9.85. The lowest BCUT2D eigenvalue weighted by molar-refractivity contribution is -0.134. The summed E-state index contributed by atoms with van der Waals surface area (Å²) in [5.41, 5.74) is 5.03. The molecule has 1 spiro atoms. The van der Waals surface area contributed by atoms with Gasteiger partial charge in [0.05, 0.1) is 17.5 Å². The molecule has 0 aromatic heterocycles. The van der Waals surface area contributed by atoms with Crippen LogP contribution in [-0.4, -0.2) is 29.9 Å². The van der Waals surface area contributed by atoms with Crippen molar-refractivity contribution < 1.29 is 14.3 Å². The molecule has 170 valence electrons. The Morgan fingerprint density at radius 2 is 1.53 bits per heavy atom. The minimum Gasteiger partial charge on any atom is -0.449 e. The van der Waals surface area contributed by atoms with Crippen LogP contribution in [0.4, 0.5) is 0 Å². The molecule has 0 radical (unpaired) electrons. The zero-order valence-electron chi connectivity index (χ0n) is 19.3. The predicted molar refractivity (Wildman–Crippen MR) is 132 cm³/mol. The monoisotopic (exact) mass is 449 g/mol. The van der Waals surface area contributed by atoms with Crippen LogP contribution in [0.2, 0.25) is 0 Å². The van der Waals surface area contributed by atoms with Gasteiger partial charge in [0.2, 0.25) is 5.91 Å². The third-order valence-electron chi connectivity index (χ3n) is 7.61. The molecule has 2 heterocycles. The molecule has 1 saturated carbocycles. The van der Waals surface area contributed by atoms with Gasteiger partial charge in [-0.2, -0.15) is 0 Å². The molecule has 34 heavy (non-hydrogen) atoms. The lowest BCUT2D eigenvalue weighted by Gasteiger charge is -2.27. The molecule has 1 unspecified atom stereocenters. The first-order valence-corrected chi connectivity index (χ1v) is 12.0. The fraction of sp³-hybridized carbons (Fsp3) is 0.267. The fourth-order valence-corrected chi connectivity index (χ4v) is 5.44. The van der Waals surface area contributed by atoms with E-state index in [1.54, 1.807) is 0 Å². The van der Waals surface area contributed by atoms with Crippen molar-refractivity contribution in [3.8, 4) is 0 Å². The van der Waals surface area contributed by atoms with E-state index in [2.05, 4.69) is 67.6 Å². The topological polar surface area (TPSA) is 46.6 Å². The molecule has 3 aromatic carbocycles. The number of ether oxygens (including phenoxy) is 1. The number of benzene rings is 3. The highest BCUT2D eigenvalue weighted by molar-refractivity contribution is 5.96. The lowest BCUT2D eigenvalue weighted by Crippen LogP contribution is -2.40. The van der Waals surface area contributed by atoms with Gasteiger partial charge in [-0.1, -0.05) is 84.4 Å². The van der Waals surface area contributed by atoms with Crippen LogP contribution in [0.15, 0.2) is 72.8 Å². The molecule has 6 rings (SSSR count). The molecule has 1 saturated heterocycles. The maximum Gasteiger partial charge on any atom is 0.339 e. The number of rotatable bonds is 4. The van der Waals surface area contributed by atoms with Crippen molar-refractivity contribution in [1.82, 2.24) is 4.90 Å². The molecule has 2 aliphatic heterocycles. The average molecular weight is 450 g/mol. The summed E-state index contributed by atoms with van der Waals surface area (Å²) in [5, 5.41) is 0. The molecular formula is C30H27NO3. The van der Waals surface area contributed by atoms with Gasteiger partial charge in [0.1, 0.15) is 0 Å². The number of hydrogen-bond donors (Lipinski definition) is 0. The predicted octanol–water partition coefficient (Wildman–Crippen LogP) is 5.50. The average Bonchev–Trinajstić information content (AvgIpc) is 3.50. The van der Waals surface area contributed by atoms with Crippen LogP contribution in [-0.2, 0) is 20.5 Å². The van der Waals surface area contributed by atoms with Gasteiger partial charge in [-0.15, -0.1) is 0 Å². The summed E-state index contributed by atoms with van der Waals surface area (Å²) in [5.74, 6) is -0.118. The van der Waals surface area contributed by atoms with E-state index < -0.39 is 11.0 Å². The number of aryl methyl sites for hydroxylation is 1. The third-order valence-corrected chi connectivity index (χ3v) is 7.61. The summed E-state index contributed by atoms with van der Waals surface area (Å²) in [6.45, 7) is 3.13. The first kappa shape index (κ1) is 20.9. The quantitative estimate of drug-likeness (QED) is 0.391. The highest BCUT2D eigenvalue weighted by Crippen LogP contribution is 2.52. The second-order valence-electron chi connectivity index (χ2n) is 9.85. The van der Waals surface area contributed by atoms with E-state index in [-0.39, 0.29) is 11.9 Å². The van der Waals surface area contributed by atoms with Crippen molar-refractivity contribution in [2.75, 3.05) is 13.1 Å². The summed E-state index contributed by atoms with van der Waals surface area (Å²) in [7, 11) is 0. The number of fused-ring (bicyclic) bond motifs is 2. The number of carbonyl (C=O) groups excluding carboxylic acids is 2. The van der Waals surface area contributed by atoms with E-state index in [1.165, 1.54) is 11.1 Å². The molecule has 1 amide bonds. The summed E-state index contributed by atoms with van der Waals surface area (Å²) < 4.78 is 5.84. The molecular weight excluding hydrogens is 422 g/mol. The largest absolute Gasteiger partial charge is 0.449 e. The second kappa shape index (κ2) is 7.69. The van der Waals surface area contributed by atoms with Crippen molar-refractivity contribution >= 4 is 24.0 Å². The summed E-state index contributed by atoms with van der Waals surface area (Å²) in [4.78, 5) is 28.0. The Labute approximate surface area is 199 Å². The molecule has 1 aliphatic carbocycles. The standard InChI is InChI=1S/C30H27NO3/c1-21-6-8-22(9-7-21)10-11-23-12-14-24(15-13-23)29(16-17-29)28(33)31-19-18-30(20-31)26-5-3-2-4-25(26)27(32)34-30/h2-15H,16-20H2,1H3/b11-10+. The molecule has 4 heteroatoms. The van der Waals surface area contributed by atoms with E-state index in [0.29, 0.717) is 25.1 Å². The first-order chi connectivity index (χ1) is 16.5. The van der Waals surface area contributed by atoms with Crippen molar-refractivity contribution in [2.24, 2.45) is 0 Å². The minimum absolute atomic E-state index is 0.160. The smallest absolute Gasteiger partial charge is 0.339 e. The van der Waals surface area contributed by atoms with E-state index in [4.69, 9.17) is 4.74 Å². The Morgan fingerprint density at radius 3 is 2.21 bits per heavy atom. The van der Waals surface area contributed by atoms with E-state index in [9.17, 15) is 9.59 Å². The number of esters is 1. The molecule has 3 aromatic rings. The van der Waals surface area contributed by atoms with Crippen LogP contribution in [0, 0.1) is 6.92 Å². The van der Waals surface area contributed by atoms with Crippen LogP contribution in [0.25, 0.3) is 12.2 Å². The lowest BCUT2D eigenvalue weighted by atomic mass is 9.91. The number of amides is 1. The van der Waals surface area contributed by atoms with Gasteiger partial charge < -0.3 is 9.64 Å². The van der Waals surface area contributed by atoms with Gasteiger partial charge in [0, 0.05) is 18.5 Å². The molecule has 2 fully saturated rings. The Kier molecular flexibility index (Phi) is 4.73. The molecule has 0 N–H and O–H groups in total. The number of carbonyl (C=O) groups is 2. The number of nitrogens with zero attached hydrogens (tertiary/aromatic N) is 1. The van der Waals surface area contributed by atoms with Crippen molar-refractivity contribution in [2.45, 2.75) is 37.2 Å². The summed E-state index contributed by atoms with van der Waals surface area (Å²) in [6, 6.07) is 24.4. The fourth-order valence-electron chi connectivity index (χ4n) is 5.44. The molecule has 1 atom stereocenters. The maximum absolute atomic E-state index is 13.7. The van der Waals surface area contributed by atoms with Crippen LogP contribution in [0.5, 0.6) is 0 Å². The van der Waals surface area contributed by atoms with Crippen LogP contribution < -0.4 is 0 Å². The molecule has 4 nitrogen and oxygen atoms in total. The zero-order valence-corrected chi connectivity index (χ0v) is 19.3. The first-order valence-electron chi connectivity index (χ1n) is 12.0. The van der Waals surface area contributed by atoms with Crippen molar-refractivity contribution in [3.63, 3.8) is 0 Å². The van der Waals surface area contributed by atoms with Gasteiger partial charge in [-0.05, 0) is 42.5 Å². The van der Waals surface area contributed by atoms with Crippen molar-refractivity contribution in [1.29, 1.82) is 0 Å². The van der Waals surface area contributed by atoms with Gasteiger partial charge in [0.15, 0.2) is 5.60 Å². The van der Waals surface area contributed by atoms with E-state index in [1.807, 2.05) is 29.2 Å². The Hall–Kier alpha value is -3.66. The third kappa shape index (κ3) is 3.37. The van der Waals surface area contributed by atoms with Gasteiger partial charge >= 0.3 is 5.97 Å². The Morgan fingerprint density at radius 1 is 0.882 bits per heavy atom. The minimum atomic E-state index is -0.690. The van der Waals surface area contributed by atoms with Gasteiger partial charge in [0.25, 0.3) is 0 Å². The van der Waals surface area contributed by atoms with Gasteiger partial charge in [-0.3, -0.25) is 4.79 Å². The van der Waals surface area contributed by atoms with Crippen LogP contribution in [0.3, 0.4) is 0 Å². The van der Waals surface area contributed by atoms with Crippen LogP contribution >= 0.6 is 0 Å². The number of likely N-dealkylation sites (tertiary alicyclic amines) is 1. The molecule has 0 bridgehead atoms. The van der Waals surface area contributed by atoms with Gasteiger partial charge in [-0.25, -0.2) is 4.79 Å². The van der Waals surface area contributed by atoms with E-state index >= 15 is 0 Å².